The van der Waals surface area contributed by atoms with Gasteiger partial charge in [0.2, 0.25) is 0 Å². The second kappa shape index (κ2) is 9.29. The van der Waals surface area contributed by atoms with Crippen molar-refractivity contribution in [2.24, 2.45) is 0 Å². The lowest BCUT2D eigenvalue weighted by Gasteiger charge is -2.38. The maximum Gasteiger partial charge on any atom is 0.327 e. The number of piperazine rings is 1. The van der Waals surface area contributed by atoms with Gasteiger partial charge in [0.1, 0.15) is 6.04 Å². The molecule has 6 nitrogen and oxygen atoms in total. The number of rotatable bonds is 5. The van der Waals surface area contributed by atoms with Crippen LogP contribution in [-0.4, -0.2) is 69.1 Å². The lowest BCUT2D eigenvalue weighted by atomic mass is 10.0. The summed E-state index contributed by atoms with van der Waals surface area (Å²) in [4.78, 5) is 31.2. The number of carbonyl (C=O) groups excluding carboxylic acids is 2. The average molecular weight is 416 g/mol. The predicted octanol–water partition coefficient (Wildman–Crippen LogP) is 3.08. The van der Waals surface area contributed by atoms with Crippen molar-refractivity contribution in [3.63, 3.8) is 0 Å². The Bertz CT molecular complexity index is 862. The molecule has 0 radical (unpaired) electrons. The normalized spacial score (nSPS) is 15.7. The number of anilines is 1. The van der Waals surface area contributed by atoms with Crippen LogP contribution in [0.5, 0.6) is 0 Å². The minimum atomic E-state index is -0.508. The molecule has 1 saturated heterocycles. The number of nitrogens with zero attached hydrogens (tertiary/aromatic N) is 3. The summed E-state index contributed by atoms with van der Waals surface area (Å²) in [5, 5.41) is 0.618. The SMILES string of the molecule is COC(=O)[C@@H](c1ccc(Cl)cc1)N1CCN(C(=O)c2cccc(N(C)C)c2)CC1. The Labute approximate surface area is 176 Å². The molecule has 1 heterocycles. The molecule has 1 aliphatic rings. The summed E-state index contributed by atoms with van der Waals surface area (Å²) in [5.41, 5.74) is 2.49. The van der Waals surface area contributed by atoms with E-state index in [0.29, 0.717) is 36.8 Å². The maximum atomic E-state index is 12.9. The van der Waals surface area contributed by atoms with Gasteiger partial charge in [0.05, 0.1) is 7.11 Å². The van der Waals surface area contributed by atoms with E-state index in [-0.39, 0.29) is 11.9 Å². The maximum absolute atomic E-state index is 12.9. The van der Waals surface area contributed by atoms with E-state index in [1.165, 1.54) is 7.11 Å². The molecule has 1 atom stereocenters. The van der Waals surface area contributed by atoms with Crippen LogP contribution in [0.1, 0.15) is 22.0 Å². The standard InChI is InChI=1S/C22H26ClN3O3/c1-24(2)19-6-4-5-17(15-19)21(27)26-13-11-25(12-14-26)20(22(28)29-3)16-7-9-18(23)10-8-16/h4-10,15,20H,11-14H2,1-3H3/t20-/m1/s1. The van der Waals surface area contributed by atoms with E-state index in [1.54, 1.807) is 12.1 Å². The highest BCUT2D eigenvalue weighted by molar-refractivity contribution is 6.30. The summed E-state index contributed by atoms with van der Waals surface area (Å²) in [6, 6.07) is 14.3. The summed E-state index contributed by atoms with van der Waals surface area (Å²) in [7, 11) is 5.29. The number of esters is 1. The molecule has 1 fully saturated rings. The predicted molar refractivity (Wildman–Crippen MR) is 114 cm³/mol. The quantitative estimate of drug-likeness (QED) is 0.702. The highest BCUT2D eigenvalue weighted by Gasteiger charge is 2.32. The lowest BCUT2D eigenvalue weighted by molar-refractivity contribution is -0.148. The van der Waals surface area contributed by atoms with Gasteiger partial charge in [-0.2, -0.15) is 0 Å². The number of hydrogen-bond acceptors (Lipinski definition) is 5. The Morgan fingerprint density at radius 2 is 1.69 bits per heavy atom. The first kappa shape index (κ1) is 21.1. The molecule has 7 heteroatoms. The topological polar surface area (TPSA) is 53.1 Å². The summed E-state index contributed by atoms with van der Waals surface area (Å²) < 4.78 is 5.03. The summed E-state index contributed by atoms with van der Waals surface area (Å²) in [6.45, 7) is 2.27. The summed E-state index contributed by atoms with van der Waals surface area (Å²) in [6.07, 6.45) is 0. The second-order valence-electron chi connectivity index (χ2n) is 7.25. The molecule has 0 N–H and O–H groups in total. The van der Waals surface area contributed by atoms with Crippen LogP contribution in [0.25, 0.3) is 0 Å². The Morgan fingerprint density at radius 1 is 1.03 bits per heavy atom. The summed E-state index contributed by atoms with van der Waals surface area (Å²) >= 11 is 5.98. The molecule has 0 aromatic heterocycles. The Morgan fingerprint density at radius 3 is 2.28 bits per heavy atom. The third-order valence-corrected chi connectivity index (χ3v) is 5.44. The number of ether oxygens (including phenoxy) is 1. The molecule has 2 aromatic carbocycles. The molecule has 154 valence electrons. The van der Waals surface area contributed by atoms with E-state index in [0.717, 1.165) is 11.3 Å². The van der Waals surface area contributed by atoms with Gasteiger partial charge in [-0.1, -0.05) is 29.8 Å². The van der Waals surface area contributed by atoms with Crippen molar-refractivity contribution >= 4 is 29.2 Å². The van der Waals surface area contributed by atoms with Crippen LogP contribution in [0.3, 0.4) is 0 Å². The van der Waals surface area contributed by atoms with Crippen LogP contribution in [0.4, 0.5) is 5.69 Å². The van der Waals surface area contributed by atoms with E-state index < -0.39 is 6.04 Å². The van der Waals surface area contributed by atoms with E-state index in [4.69, 9.17) is 16.3 Å². The molecular formula is C22H26ClN3O3. The number of benzene rings is 2. The number of methoxy groups -OCH3 is 1. The van der Waals surface area contributed by atoms with E-state index in [1.807, 2.05) is 60.3 Å². The van der Waals surface area contributed by atoms with Crippen molar-refractivity contribution in [1.29, 1.82) is 0 Å². The van der Waals surface area contributed by atoms with E-state index >= 15 is 0 Å². The van der Waals surface area contributed by atoms with Crippen molar-refractivity contribution in [1.82, 2.24) is 9.80 Å². The van der Waals surface area contributed by atoms with Gasteiger partial charge in [-0.3, -0.25) is 9.69 Å². The van der Waals surface area contributed by atoms with E-state index in [2.05, 4.69) is 4.90 Å². The third kappa shape index (κ3) is 4.89. The monoisotopic (exact) mass is 415 g/mol. The number of hydrogen-bond donors (Lipinski definition) is 0. The molecule has 0 aliphatic carbocycles. The molecule has 29 heavy (non-hydrogen) atoms. The van der Waals surface area contributed by atoms with Gasteiger partial charge in [-0.25, -0.2) is 4.79 Å². The third-order valence-electron chi connectivity index (χ3n) is 5.19. The Balaban J connectivity index is 1.71. The molecule has 1 amide bonds. The Hall–Kier alpha value is -2.57. The van der Waals surface area contributed by atoms with Crippen molar-refractivity contribution in [3.05, 3.63) is 64.7 Å². The van der Waals surface area contributed by atoms with Crippen LogP contribution in [0, 0.1) is 0 Å². The lowest BCUT2D eigenvalue weighted by Crippen LogP contribution is -2.51. The van der Waals surface area contributed by atoms with E-state index in [9.17, 15) is 9.59 Å². The first-order chi connectivity index (χ1) is 13.9. The van der Waals surface area contributed by atoms with Crippen LogP contribution in [0.2, 0.25) is 5.02 Å². The molecule has 0 saturated carbocycles. The zero-order chi connectivity index (χ0) is 21.0. The molecule has 3 rings (SSSR count). The van der Waals surface area contributed by atoms with Crippen molar-refractivity contribution < 1.29 is 14.3 Å². The van der Waals surface area contributed by atoms with Crippen LogP contribution >= 0.6 is 11.6 Å². The van der Waals surface area contributed by atoms with Crippen molar-refractivity contribution in [2.75, 3.05) is 52.3 Å². The average Bonchev–Trinajstić information content (AvgIpc) is 2.75. The molecule has 0 spiro atoms. The molecule has 2 aromatic rings. The number of halogens is 1. The smallest absolute Gasteiger partial charge is 0.327 e. The highest BCUT2D eigenvalue weighted by Crippen LogP contribution is 2.26. The number of carbonyl (C=O) groups is 2. The second-order valence-corrected chi connectivity index (χ2v) is 7.69. The molecule has 1 aliphatic heterocycles. The zero-order valence-corrected chi connectivity index (χ0v) is 17.7. The van der Waals surface area contributed by atoms with Gasteiger partial charge in [0, 0.05) is 56.5 Å². The van der Waals surface area contributed by atoms with Crippen LogP contribution in [0.15, 0.2) is 48.5 Å². The molecular weight excluding hydrogens is 390 g/mol. The first-order valence-electron chi connectivity index (χ1n) is 9.54. The van der Waals surface area contributed by atoms with Gasteiger partial charge in [-0.15, -0.1) is 0 Å². The van der Waals surface area contributed by atoms with Gasteiger partial charge in [-0.05, 0) is 35.9 Å². The fourth-order valence-electron chi connectivity index (χ4n) is 3.54. The van der Waals surface area contributed by atoms with Gasteiger partial charge < -0.3 is 14.5 Å². The first-order valence-corrected chi connectivity index (χ1v) is 9.92. The minimum absolute atomic E-state index is 0.00876. The molecule has 0 bridgehead atoms. The van der Waals surface area contributed by atoms with Gasteiger partial charge in [0.25, 0.3) is 5.91 Å². The minimum Gasteiger partial charge on any atom is -0.468 e. The van der Waals surface area contributed by atoms with Crippen molar-refractivity contribution in [3.8, 4) is 0 Å². The Kier molecular flexibility index (Phi) is 6.77. The van der Waals surface area contributed by atoms with Crippen molar-refractivity contribution in [2.45, 2.75) is 6.04 Å². The van der Waals surface area contributed by atoms with Gasteiger partial charge in [0.15, 0.2) is 0 Å². The van der Waals surface area contributed by atoms with Crippen LogP contribution in [-0.2, 0) is 9.53 Å². The van der Waals surface area contributed by atoms with Gasteiger partial charge >= 0.3 is 5.97 Å². The van der Waals surface area contributed by atoms with Crippen LogP contribution < -0.4 is 4.90 Å². The largest absolute Gasteiger partial charge is 0.468 e. The fraction of sp³-hybridized carbons (Fsp3) is 0.364. The fourth-order valence-corrected chi connectivity index (χ4v) is 3.66. The number of amides is 1. The highest BCUT2D eigenvalue weighted by atomic mass is 35.5. The zero-order valence-electron chi connectivity index (χ0n) is 17.0. The molecule has 0 unspecified atom stereocenters. The summed E-state index contributed by atoms with van der Waals surface area (Å²) in [5.74, 6) is -0.305.